The molecule has 0 aliphatic heterocycles. The lowest BCUT2D eigenvalue weighted by molar-refractivity contribution is 1.19. The molecule has 134 valence electrons. The molecule has 2 aromatic carbocycles. The van der Waals surface area contributed by atoms with Crippen molar-refractivity contribution in [2.75, 3.05) is 5.43 Å². The summed E-state index contributed by atoms with van der Waals surface area (Å²) < 4.78 is 0. The number of hydrazone groups is 1. The van der Waals surface area contributed by atoms with E-state index in [2.05, 4.69) is 76.8 Å². The Balaban J connectivity index is 1.57. The van der Waals surface area contributed by atoms with Crippen LogP contribution in [0.5, 0.6) is 0 Å². The fraction of sp³-hybridized carbons (Fsp3) is 0.136. The van der Waals surface area contributed by atoms with E-state index >= 15 is 0 Å². The van der Waals surface area contributed by atoms with Crippen LogP contribution in [0, 0.1) is 13.8 Å². The summed E-state index contributed by atoms with van der Waals surface area (Å²) in [5.74, 6) is 0.733. The third-order valence-electron chi connectivity index (χ3n) is 4.62. The maximum Gasteiger partial charge on any atom is 0.158 e. The van der Waals surface area contributed by atoms with E-state index in [9.17, 15) is 0 Å². The zero-order valence-electron chi connectivity index (χ0n) is 15.3. The van der Waals surface area contributed by atoms with Crippen molar-refractivity contribution >= 4 is 33.6 Å². The maximum absolute atomic E-state index is 4.41. The molecule has 0 unspecified atom stereocenters. The van der Waals surface area contributed by atoms with Crippen LogP contribution in [0.25, 0.3) is 10.2 Å². The van der Waals surface area contributed by atoms with Crippen LogP contribution < -0.4 is 5.43 Å². The summed E-state index contributed by atoms with van der Waals surface area (Å²) in [4.78, 5) is 11.0. The van der Waals surface area contributed by atoms with Crippen LogP contribution in [-0.2, 0) is 6.42 Å². The summed E-state index contributed by atoms with van der Waals surface area (Å²) in [5, 5.41) is 5.40. The Kier molecular flexibility index (Phi) is 4.94. The van der Waals surface area contributed by atoms with Gasteiger partial charge >= 0.3 is 0 Å². The molecule has 5 heteroatoms. The van der Waals surface area contributed by atoms with E-state index in [0.717, 1.165) is 28.0 Å². The molecule has 0 bridgehead atoms. The summed E-state index contributed by atoms with van der Waals surface area (Å²) >= 11 is 1.70. The second kappa shape index (κ2) is 7.68. The largest absolute Gasteiger partial charge is 0.261 e. The molecule has 0 spiro atoms. The highest BCUT2D eigenvalue weighted by Crippen LogP contribution is 2.29. The van der Waals surface area contributed by atoms with Crippen molar-refractivity contribution < 1.29 is 0 Å². The molecule has 1 N–H and O–H groups in total. The average molecular weight is 372 g/mol. The van der Waals surface area contributed by atoms with Gasteiger partial charge in [-0.1, -0.05) is 48.5 Å². The zero-order valence-corrected chi connectivity index (χ0v) is 16.1. The van der Waals surface area contributed by atoms with Crippen molar-refractivity contribution in [1.29, 1.82) is 0 Å². The maximum atomic E-state index is 4.41. The molecule has 0 aliphatic rings. The highest BCUT2D eigenvalue weighted by Gasteiger charge is 2.09. The summed E-state index contributed by atoms with van der Waals surface area (Å²) in [5.41, 5.74) is 7.97. The lowest BCUT2D eigenvalue weighted by Gasteiger charge is -2.04. The number of thiophene rings is 1. The minimum atomic E-state index is 0.733. The van der Waals surface area contributed by atoms with Gasteiger partial charge in [0.25, 0.3) is 0 Å². The van der Waals surface area contributed by atoms with E-state index in [0.29, 0.717) is 0 Å². The number of fused-ring (bicyclic) bond motifs is 1. The Hall–Kier alpha value is -3.05. The molecule has 27 heavy (non-hydrogen) atoms. The molecule has 0 amide bonds. The predicted octanol–water partition coefficient (Wildman–Crippen LogP) is 5.34. The zero-order chi connectivity index (χ0) is 18.6. The lowest BCUT2D eigenvalue weighted by Crippen LogP contribution is -1.96. The Morgan fingerprint density at radius 1 is 1.04 bits per heavy atom. The minimum absolute atomic E-state index is 0.733. The van der Waals surface area contributed by atoms with Gasteiger partial charge in [0.05, 0.1) is 11.6 Å². The molecular weight excluding hydrogens is 352 g/mol. The fourth-order valence-corrected chi connectivity index (χ4v) is 3.98. The molecule has 0 saturated heterocycles. The van der Waals surface area contributed by atoms with E-state index in [1.54, 1.807) is 17.7 Å². The van der Waals surface area contributed by atoms with E-state index in [4.69, 9.17) is 0 Å². The number of anilines is 1. The van der Waals surface area contributed by atoms with Crippen molar-refractivity contribution in [2.45, 2.75) is 20.3 Å². The molecule has 4 nitrogen and oxygen atoms in total. The van der Waals surface area contributed by atoms with Crippen LogP contribution >= 0.6 is 11.3 Å². The molecule has 0 aliphatic carbocycles. The van der Waals surface area contributed by atoms with E-state index in [1.165, 1.54) is 21.6 Å². The quantitative estimate of drug-likeness (QED) is 0.380. The van der Waals surface area contributed by atoms with Gasteiger partial charge in [-0.3, -0.25) is 5.43 Å². The number of nitrogens with one attached hydrogen (secondary N) is 1. The van der Waals surface area contributed by atoms with E-state index in [-0.39, 0.29) is 0 Å². The summed E-state index contributed by atoms with van der Waals surface area (Å²) in [7, 11) is 0. The van der Waals surface area contributed by atoms with Crippen LogP contribution in [0.4, 0.5) is 5.82 Å². The minimum Gasteiger partial charge on any atom is -0.261 e. The van der Waals surface area contributed by atoms with Gasteiger partial charge < -0.3 is 0 Å². The van der Waals surface area contributed by atoms with Crippen molar-refractivity contribution in [3.63, 3.8) is 0 Å². The standard InChI is InChI=1S/C22H20N4S/c1-15-7-6-10-18(16(15)2)13-25-26-21-20-12-19(27-22(20)24-14-23-21)11-17-8-4-3-5-9-17/h3-10,12-14H,11H2,1-2H3,(H,23,24,26). The molecule has 4 rings (SSSR count). The highest BCUT2D eigenvalue weighted by atomic mass is 32.1. The van der Waals surface area contributed by atoms with Crippen molar-refractivity contribution in [3.8, 4) is 0 Å². The Morgan fingerprint density at radius 3 is 2.74 bits per heavy atom. The smallest absolute Gasteiger partial charge is 0.158 e. The number of aryl methyl sites for hydroxylation is 1. The van der Waals surface area contributed by atoms with Gasteiger partial charge in [0.2, 0.25) is 0 Å². The summed E-state index contributed by atoms with van der Waals surface area (Å²) in [6.07, 6.45) is 4.32. The van der Waals surface area contributed by atoms with Crippen molar-refractivity contribution in [1.82, 2.24) is 9.97 Å². The number of benzene rings is 2. The van der Waals surface area contributed by atoms with Gasteiger partial charge in [-0.15, -0.1) is 11.3 Å². The molecule has 0 saturated carbocycles. The van der Waals surface area contributed by atoms with Gasteiger partial charge in [0.1, 0.15) is 11.2 Å². The predicted molar refractivity (Wildman–Crippen MR) is 114 cm³/mol. The Labute approximate surface area is 162 Å². The monoisotopic (exact) mass is 372 g/mol. The third kappa shape index (κ3) is 3.88. The number of nitrogens with zero attached hydrogens (tertiary/aromatic N) is 3. The molecule has 2 heterocycles. The summed E-state index contributed by atoms with van der Waals surface area (Å²) in [6.45, 7) is 4.21. The van der Waals surface area contributed by atoms with Crippen molar-refractivity contribution in [3.05, 3.63) is 88.1 Å². The first-order valence-corrected chi connectivity index (χ1v) is 9.65. The van der Waals surface area contributed by atoms with Crippen LogP contribution in [-0.4, -0.2) is 16.2 Å². The highest BCUT2D eigenvalue weighted by molar-refractivity contribution is 7.18. The topological polar surface area (TPSA) is 50.2 Å². The number of hydrogen-bond acceptors (Lipinski definition) is 5. The normalized spacial score (nSPS) is 11.3. The number of rotatable bonds is 5. The SMILES string of the molecule is Cc1cccc(C=NNc2ncnc3sc(Cc4ccccc4)cc23)c1C. The molecule has 2 aromatic heterocycles. The Bertz CT molecular complexity index is 1100. The first-order chi connectivity index (χ1) is 13.2. The van der Waals surface area contributed by atoms with Gasteiger partial charge in [0, 0.05) is 11.3 Å². The molecule has 0 atom stereocenters. The molecular formula is C22H20N4S. The third-order valence-corrected chi connectivity index (χ3v) is 5.67. The summed E-state index contributed by atoms with van der Waals surface area (Å²) in [6, 6.07) is 18.8. The molecule has 0 radical (unpaired) electrons. The average Bonchev–Trinajstić information content (AvgIpc) is 3.09. The lowest BCUT2D eigenvalue weighted by atomic mass is 10.0. The Morgan fingerprint density at radius 2 is 1.89 bits per heavy atom. The second-order valence-electron chi connectivity index (χ2n) is 6.48. The van der Waals surface area contributed by atoms with Crippen LogP contribution in [0.2, 0.25) is 0 Å². The van der Waals surface area contributed by atoms with Crippen LogP contribution in [0.1, 0.15) is 27.1 Å². The first kappa shape index (κ1) is 17.4. The van der Waals surface area contributed by atoms with Gasteiger partial charge in [-0.05, 0) is 42.2 Å². The van der Waals surface area contributed by atoms with Gasteiger partial charge in [-0.2, -0.15) is 5.10 Å². The molecule has 4 aromatic rings. The molecule has 0 fully saturated rings. The number of aromatic nitrogens is 2. The van der Waals surface area contributed by atoms with E-state index in [1.807, 2.05) is 18.3 Å². The van der Waals surface area contributed by atoms with Crippen LogP contribution in [0.3, 0.4) is 0 Å². The fourth-order valence-electron chi connectivity index (χ4n) is 2.96. The second-order valence-corrected chi connectivity index (χ2v) is 7.59. The first-order valence-electron chi connectivity index (χ1n) is 8.83. The van der Waals surface area contributed by atoms with Crippen molar-refractivity contribution in [2.24, 2.45) is 5.10 Å². The van der Waals surface area contributed by atoms with E-state index < -0.39 is 0 Å². The van der Waals surface area contributed by atoms with Gasteiger partial charge in [-0.25, -0.2) is 9.97 Å². The van der Waals surface area contributed by atoms with Crippen LogP contribution in [0.15, 0.2) is 66.0 Å². The number of hydrogen-bond donors (Lipinski definition) is 1. The van der Waals surface area contributed by atoms with Gasteiger partial charge in [0.15, 0.2) is 5.82 Å².